The van der Waals surface area contributed by atoms with E-state index in [4.69, 9.17) is 4.42 Å². The molecule has 1 amide bonds. The van der Waals surface area contributed by atoms with Crippen LogP contribution in [0.25, 0.3) is 33.6 Å². The first kappa shape index (κ1) is 23.6. The van der Waals surface area contributed by atoms with Crippen LogP contribution in [0.15, 0.2) is 63.8 Å². The predicted octanol–water partition coefficient (Wildman–Crippen LogP) is 3.94. The van der Waals surface area contributed by atoms with Crippen LogP contribution in [-0.4, -0.2) is 46.1 Å². The van der Waals surface area contributed by atoms with Crippen molar-refractivity contribution in [2.45, 2.75) is 24.8 Å². The van der Waals surface area contributed by atoms with Crippen LogP contribution in [0.4, 0.5) is 10.7 Å². The lowest BCUT2D eigenvalue weighted by Crippen LogP contribution is -2.50. The molecular weight excluding hydrogens is 460 g/mol. The van der Waals surface area contributed by atoms with Crippen molar-refractivity contribution in [1.29, 1.82) is 0 Å². The fourth-order valence-corrected chi connectivity index (χ4v) is 4.96. The number of fused-ring (bicyclic) bond motifs is 1. The minimum absolute atomic E-state index is 0.0757. The summed E-state index contributed by atoms with van der Waals surface area (Å²) >= 11 is 0. The smallest absolute Gasteiger partial charge is 0.405 e. The van der Waals surface area contributed by atoms with E-state index in [1.165, 1.54) is 4.57 Å². The molecule has 0 radical (unpaired) electrons. The van der Waals surface area contributed by atoms with E-state index in [1.807, 2.05) is 54.6 Å². The number of furan rings is 1. The molecule has 1 aliphatic carbocycles. The molecule has 1 fully saturated rings. The Kier molecular flexibility index (Phi) is 6.01. The third-order valence-corrected chi connectivity index (χ3v) is 7.00. The normalized spacial score (nSPS) is 14.4. The molecule has 2 heterocycles. The first-order valence-electron chi connectivity index (χ1n) is 11.9. The molecule has 9 heteroatoms. The highest BCUT2D eigenvalue weighted by Crippen LogP contribution is 2.43. The topological polar surface area (TPSA) is 121 Å². The van der Waals surface area contributed by atoms with Crippen LogP contribution in [0.1, 0.15) is 24.8 Å². The van der Waals surface area contributed by atoms with Crippen LogP contribution in [0.2, 0.25) is 0 Å². The summed E-state index contributed by atoms with van der Waals surface area (Å²) in [5, 5.41) is 21.7. The molecule has 186 valence electrons. The van der Waals surface area contributed by atoms with Gasteiger partial charge >= 0.3 is 6.09 Å². The molecule has 2 aromatic heterocycles. The highest BCUT2D eigenvalue weighted by molar-refractivity contribution is 6.00. The van der Waals surface area contributed by atoms with Gasteiger partial charge in [0.05, 0.1) is 12.1 Å². The number of aromatic nitrogens is 2. The maximum absolute atomic E-state index is 13.5. The Bertz CT molecular complexity index is 1470. The van der Waals surface area contributed by atoms with Crippen LogP contribution in [0, 0.1) is 0 Å². The van der Waals surface area contributed by atoms with Crippen molar-refractivity contribution in [2.75, 3.05) is 25.1 Å². The number of aliphatic hydroxyl groups is 1. The fraction of sp³-hybridized carbons (Fsp3) is 0.296. The number of hydrogen-bond donors (Lipinski definition) is 3. The summed E-state index contributed by atoms with van der Waals surface area (Å²) in [6.45, 7) is 0.242. The van der Waals surface area contributed by atoms with Gasteiger partial charge in [-0.2, -0.15) is 4.98 Å². The number of aliphatic hydroxyl groups excluding tert-OH is 1. The van der Waals surface area contributed by atoms with Crippen molar-refractivity contribution >= 4 is 23.1 Å². The van der Waals surface area contributed by atoms with Gasteiger partial charge in [0.1, 0.15) is 11.1 Å². The molecule has 2 aromatic carbocycles. The first-order chi connectivity index (χ1) is 17.3. The number of hydrogen-bond acceptors (Lipinski definition) is 6. The van der Waals surface area contributed by atoms with Gasteiger partial charge in [-0.1, -0.05) is 54.6 Å². The van der Waals surface area contributed by atoms with Gasteiger partial charge in [-0.05, 0) is 30.4 Å². The molecule has 36 heavy (non-hydrogen) atoms. The zero-order chi connectivity index (χ0) is 25.4. The Morgan fingerprint density at radius 1 is 1.14 bits per heavy atom. The second-order valence-electron chi connectivity index (χ2n) is 9.22. The molecule has 9 nitrogen and oxygen atoms in total. The van der Waals surface area contributed by atoms with Gasteiger partial charge in [-0.3, -0.25) is 9.36 Å². The predicted molar refractivity (Wildman–Crippen MR) is 137 cm³/mol. The maximum Gasteiger partial charge on any atom is 0.405 e. The standard InChI is InChI=1S/C27H28N4O5/c1-30(15-16-32)25-28-23-21(24(33)31(25)2)20(17-7-4-3-5-8-17)22(36-23)18-9-11-19(12-10-18)27(13-6-14-27)29-26(34)35/h3-5,7-12,29,32H,6,13-16H2,1-2H3,(H,34,35). The van der Waals surface area contributed by atoms with Crippen LogP contribution in [0.5, 0.6) is 0 Å². The summed E-state index contributed by atoms with van der Waals surface area (Å²) in [6, 6.07) is 17.2. The molecule has 1 aliphatic rings. The van der Waals surface area contributed by atoms with Crippen molar-refractivity contribution in [2.24, 2.45) is 7.05 Å². The van der Waals surface area contributed by atoms with E-state index in [0.717, 1.165) is 36.0 Å². The number of amides is 1. The van der Waals surface area contributed by atoms with Crippen LogP contribution < -0.4 is 15.8 Å². The van der Waals surface area contributed by atoms with E-state index < -0.39 is 11.6 Å². The summed E-state index contributed by atoms with van der Waals surface area (Å²) in [5.41, 5.74) is 2.55. The van der Waals surface area contributed by atoms with Gasteiger partial charge in [0.25, 0.3) is 5.56 Å². The van der Waals surface area contributed by atoms with E-state index in [0.29, 0.717) is 29.2 Å². The van der Waals surface area contributed by atoms with Crippen molar-refractivity contribution in [1.82, 2.24) is 14.9 Å². The minimum Gasteiger partial charge on any atom is -0.465 e. The zero-order valence-electron chi connectivity index (χ0n) is 20.2. The van der Waals surface area contributed by atoms with Crippen molar-refractivity contribution in [3.63, 3.8) is 0 Å². The molecule has 5 rings (SSSR count). The number of carboxylic acid groups (broad SMARTS) is 1. The number of nitrogens with zero attached hydrogens (tertiary/aromatic N) is 3. The summed E-state index contributed by atoms with van der Waals surface area (Å²) in [5.74, 6) is 0.909. The van der Waals surface area contributed by atoms with Gasteiger partial charge in [0.15, 0.2) is 0 Å². The van der Waals surface area contributed by atoms with E-state index in [1.54, 1.807) is 19.0 Å². The number of nitrogens with one attached hydrogen (secondary N) is 1. The molecule has 0 saturated heterocycles. The molecule has 0 spiro atoms. The van der Waals surface area contributed by atoms with Gasteiger partial charge in [-0.25, -0.2) is 4.79 Å². The average Bonchev–Trinajstić information content (AvgIpc) is 3.24. The van der Waals surface area contributed by atoms with E-state index >= 15 is 0 Å². The largest absolute Gasteiger partial charge is 0.465 e. The van der Waals surface area contributed by atoms with Crippen LogP contribution in [0.3, 0.4) is 0 Å². The zero-order valence-corrected chi connectivity index (χ0v) is 20.2. The van der Waals surface area contributed by atoms with Gasteiger partial charge < -0.3 is 24.8 Å². The molecular formula is C27H28N4O5. The van der Waals surface area contributed by atoms with E-state index in [2.05, 4.69) is 10.3 Å². The Hall–Kier alpha value is -4.11. The number of likely N-dealkylation sites (N-methyl/N-ethyl adjacent to an activating group) is 1. The lowest BCUT2D eigenvalue weighted by Gasteiger charge is -2.42. The Balaban J connectivity index is 1.68. The van der Waals surface area contributed by atoms with E-state index in [9.17, 15) is 19.8 Å². The maximum atomic E-state index is 13.5. The van der Waals surface area contributed by atoms with Crippen LogP contribution in [-0.2, 0) is 12.6 Å². The fourth-order valence-electron chi connectivity index (χ4n) is 4.96. The Morgan fingerprint density at radius 2 is 1.83 bits per heavy atom. The molecule has 0 unspecified atom stereocenters. The third-order valence-electron chi connectivity index (χ3n) is 7.00. The first-order valence-corrected chi connectivity index (χ1v) is 11.9. The number of benzene rings is 2. The number of carbonyl (C=O) groups is 1. The second-order valence-corrected chi connectivity index (χ2v) is 9.22. The summed E-state index contributed by atoms with van der Waals surface area (Å²) in [7, 11) is 3.41. The second kappa shape index (κ2) is 9.16. The molecule has 1 saturated carbocycles. The molecule has 0 atom stereocenters. The minimum atomic E-state index is -1.04. The lowest BCUT2D eigenvalue weighted by molar-refractivity contribution is 0.144. The third kappa shape index (κ3) is 3.91. The highest BCUT2D eigenvalue weighted by atomic mass is 16.4. The van der Waals surface area contributed by atoms with Crippen molar-refractivity contribution in [3.8, 4) is 22.5 Å². The Labute approximate surface area is 207 Å². The lowest BCUT2D eigenvalue weighted by atomic mass is 9.72. The van der Waals surface area contributed by atoms with Crippen LogP contribution >= 0.6 is 0 Å². The molecule has 4 aromatic rings. The number of rotatable bonds is 7. The quantitative estimate of drug-likeness (QED) is 0.360. The van der Waals surface area contributed by atoms with Crippen molar-refractivity contribution < 1.29 is 19.4 Å². The SMILES string of the molecule is CN(CCO)c1nc2oc(-c3ccc(C4(NC(=O)O)CCC4)cc3)c(-c3ccccc3)c2c(=O)n1C. The molecule has 0 bridgehead atoms. The van der Waals surface area contributed by atoms with Gasteiger partial charge in [0.2, 0.25) is 11.7 Å². The highest BCUT2D eigenvalue weighted by Gasteiger charge is 2.40. The van der Waals surface area contributed by atoms with Gasteiger partial charge in [-0.15, -0.1) is 0 Å². The summed E-state index contributed by atoms with van der Waals surface area (Å²) in [6.07, 6.45) is 1.43. The number of anilines is 1. The van der Waals surface area contributed by atoms with Crippen molar-refractivity contribution in [3.05, 3.63) is 70.5 Å². The average molecular weight is 489 g/mol. The monoisotopic (exact) mass is 488 g/mol. The Morgan fingerprint density at radius 3 is 2.42 bits per heavy atom. The molecule has 0 aliphatic heterocycles. The van der Waals surface area contributed by atoms with E-state index in [-0.39, 0.29) is 17.9 Å². The molecule has 3 N–H and O–H groups in total. The summed E-state index contributed by atoms with van der Waals surface area (Å²) < 4.78 is 7.71. The van der Waals surface area contributed by atoms with Gasteiger partial charge in [0, 0.05) is 31.8 Å². The summed E-state index contributed by atoms with van der Waals surface area (Å²) in [4.78, 5) is 31.2.